The van der Waals surface area contributed by atoms with Gasteiger partial charge in [0.2, 0.25) is 0 Å². The van der Waals surface area contributed by atoms with Gasteiger partial charge in [-0.25, -0.2) is 0 Å². The molecule has 1 aromatic rings. The predicted octanol–water partition coefficient (Wildman–Crippen LogP) is 2.97. The Bertz CT molecular complexity index is 366. The lowest BCUT2D eigenvalue weighted by atomic mass is 10.2. The highest BCUT2D eigenvalue weighted by atomic mass is 35.5. The Hall–Kier alpha value is -1.46. The average molecular weight is 194 g/mol. The smallest absolute Gasteiger partial charge is 0.122 e. The zero-order chi connectivity index (χ0) is 9.68. The highest BCUT2D eigenvalue weighted by Gasteiger charge is 1.96. The van der Waals surface area contributed by atoms with Gasteiger partial charge in [-0.05, 0) is 18.2 Å². The van der Waals surface area contributed by atoms with E-state index in [9.17, 15) is 5.11 Å². The van der Waals surface area contributed by atoms with Gasteiger partial charge in [0, 0.05) is 10.6 Å². The van der Waals surface area contributed by atoms with Crippen molar-refractivity contribution in [2.75, 3.05) is 0 Å². The Morgan fingerprint density at radius 1 is 1.54 bits per heavy atom. The van der Waals surface area contributed by atoms with Crippen LogP contribution in [-0.2, 0) is 0 Å². The molecule has 3 heteroatoms. The molecule has 0 fully saturated rings. The molecular formula is C10H8ClNO. The molecule has 2 nitrogen and oxygen atoms in total. The van der Waals surface area contributed by atoms with Gasteiger partial charge in [0.1, 0.15) is 5.75 Å². The van der Waals surface area contributed by atoms with Crippen molar-refractivity contribution >= 4 is 17.7 Å². The summed E-state index contributed by atoms with van der Waals surface area (Å²) in [4.78, 5) is 0. The number of nitrogens with zero attached hydrogens (tertiary/aromatic N) is 1. The first-order chi connectivity index (χ1) is 6.24. The molecule has 0 unspecified atom stereocenters. The van der Waals surface area contributed by atoms with Crippen LogP contribution >= 0.6 is 11.6 Å². The van der Waals surface area contributed by atoms with Gasteiger partial charge >= 0.3 is 0 Å². The van der Waals surface area contributed by atoms with Gasteiger partial charge in [-0.15, -0.1) is 0 Å². The highest BCUT2D eigenvalue weighted by molar-refractivity contribution is 6.30. The summed E-state index contributed by atoms with van der Waals surface area (Å²) >= 11 is 5.72. The average Bonchev–Trinajstić information content (AvgIpc) is 2.11. The van der Waals surface area contributed by atoms with Crippen LogP contribution in [0.4, 0.5) is 0 Å². The largest absolute Gasteiger partial charge is 0.507 e. The Morgan fingerprint density at radius 3 is 3.00 bits per heavy atom. The molecule has 0 heterocycles. The predicted molar refractivity (Wildman–Crippen MR) is 52.4 cm³/mol. The summed E-state index contributed by atoms with van der Waals surface area (Å²) in [5.74, 6) is 0.165. The van der Waals surface area contributed by atoms with Gasteiger partial charge < -0.3 is 5.11 Å². The van der Waals surface area contributed by atoms with Crippen LogP contribution in [0.2, 0.25) is 5.02 Å². The number of allylic oxidation sites excluding steroid dienone is 1. The van der Waals surface area contributed by atoms with Crippen LogP contribution in [0.3, 0.4) is 0 Å². The SMILES string of the molecule is N#CCC=Cc1cc(Cl)ccc1O. The molecule has 1 N–H and O–H groups in total. The van der Waals surface area contributed by atoms with Crippen LogP contribution in [0.5, 0.6) is 5.75 Å². The van der Waals surface area contributed by atoms with E-state index in [0.29, 0.717) is 17.0 Å². The fourth-order valence-electron chi connectivity index (χ4n) is 0.897. The molecule has 0 radical (unpaired) electrons. The lowest BCUT2D eigenvalue weighted by molar-refractivity contribution is 0.474. The summed E-state index contributed by atoms with van der Waals surface area (Å²) in [6.07, 6.45) is 3.67. The third-order valence-electron chi connectivity index (χ3n) is 1.50. The molecular weight excluding hydrogens is 186 g/mol. The normalized spacial score (nSPS) is 10.2. The summed E-state index contributed by atoms with van der Waals surface area (Å²) in [7, 11) is 0. The molecule has 0 saturated carbocycles. The second-order valence-corrected chi connectivity index (χ2v) is 2.90. The molecule has 0 saturated heterocycles. The number of nitriles is 1. The van der Waals surface area contributed by atoms with Crippen LogP contribution in [-0.4, -0.2) is 5.11 Å². The van der Waals surface area contributed by atoms with E-state index in [4.69, 9.17) is 16.9 Å². The summed E-state index contributed by atoms with van der Waals surface area (Å²) in [6.45, 7) is 0. The van der Waals surface area contributed by atoms with Crippen LogP contribution in [0.15, 0.2) is 24.3 Å². The molecule has 0 atom stereocenters. The molecule has 0 aliphatic carbocycles. The number of rotatable bonds is 2. The van der Waals surface area contributed by atoms with Crippen LogP contribution in [0, 0.1) is 11.3 Å². The zero-order valence-corrected chi connectivity index (χ0v) is 7.62. The Kier molecular flexibility index (Phi) is 3.36. The lowest BCUT2D eigenvalue weighted by Gasteiger charge is -1.98. The number of hydrogen-bond donors (Lipinski definition) is 1. The lowest BCUT2D eigenvalue weighted by Crippen LogP contribution is -1.74. The number of phenols is 1. The first kappa shape index (κ1) is 9.63. The third-order valence-corrected chi connectivity index (χ3v) is 1.73. The van der Waals surface area contributed by atoms with Crippen molar-refractivity contribution in [3.8, 4) is 11.8 Å². The summed E-state index contributed by atoms with van der Waals surface area (Å²) < 4.78 is 0. The van der Waals surface area contributed by atoms with Crippen LogP contribution in [0.1, 0.15) is 12.0 Å². The van der Waals surface area contributed by atoms with Crippen molar-refractivity contribution in [3.05, 3.63) is 34.9 Å². The second-order valence-electron chi connectivity index (χ2n) is 2.47. The number of phenolic OH excluding ortho intramolecular Hbond substituents is 1. The molecule has 66 valence electrons. The third kappa shape index (κ3) is 2.81. The number of aromatic hydroxyl groups is 1. The Morgan fingerprint density at radius 2 is 2.31 bits per heavy atom. The molecule has 0 aliphatic heterocycles. The van der Waals surface area contributed by atoms with E-state index < -0.39 is 0 Å². The summed E-state index contributed by atoms with van der Waals surface area (Å²) in [6, 6.07) is 6.75. The second kappa shape index (κ2) is 4.54. The Labute approximate surface area is 81.7 Å². The molecule has 1 rings (SSSR count). The van der Waals surface area contributed by atoms with Gasteiger partial charge in [-0.1, -0.05) is 23.8 Å². The van der Waals surface area contributed by atoms with E-state index in [-0.39, 0.29) is 5.75 Å². The number of halogens is 1. The van der Waals surface area contributed by atoms with Gasteiger partial charge in [0.15, 0.2) is 0 Å². The highest BCUT2D eigenvalue weighted by Crippen LogP contribution is 2.22. The monoisotopic (exact) mass is 193 g/mol. The van der Waals surface area contributed by atoms with Gasteiger partial charge in [0.25, 0.3) is 0 Å². The zero-order valence-electron chi connectivity index (χ0n) is 6.87. The summed E-state index contributed by atoms with van der Waals surface area (Å²) in [5.41, 5.74) is 0.628. The van der Waals surface area contributed by atoms with E-state index in [1.54, 1.807) is 24.3 Å². The number of benzene rings is 1. The minimum absolute atomic E-state index is 0.165. The van der Waals surface area contributed by atoms with Crippen molar-refractivity contribution < 1.29 is 5.11 Å². The van der Waals surface area contributed by atoms with Crippen molar-refractivity contribution in [2.45, 2.75) is 6.42 Å². The van der Waals surface area contributed by atoms with E-state index in [1.807, 2.05) is 6.07 Å². The standard InChI is InChI=1S/C10H8ClNO/c11-9-4-5-10(13)8(7-9)3-1-2-6-12/h1,3-5,7,13H,2H2. The van der Waals surface area contributed by atoms with Crippen molar-refractivity contribution in [2.24, 2.45) is 0 Å². The van der Waals surface area contributed by atoms with Crippen molar-refractivity contribution in [3.63, 3.8) is 0 Å². The molecule has 13 heavy (non-hydrogen) atoms. The first-order valence-corrected chi connectivity index (χ1v) is 4.14. The van der Waals surface area contributed by atoms with Crippen molar-refractivity contribution in [1.82, 2.24) is 0 Å². The van der Waals surface area contributed by atoms with E-state index in [2.05, 4.69) is 0 Å². The van der Waals surface area contributed by atoms with Gasteiger partial charge in [-0.3, -0.25) is 0 Å². The molecule has 0 aliphatic rings. The summed E-state index contributed by atoms with van der Waals surface area (Å²) in [5, 5.41) is 18.2. The molecule has 0 bridgehead atoms. The van der Waals surface area contributed by atoms with Gasteiger partial charge in [0.05, 0.1) is 12.5 Å². The topological polar surface area (TPSA) is 44.0 Å². The van der Waals surface area contributed by atoms with Crippen molar-refractivity contribution in [1.29, 1.82) is 5.26 Å². The molecule has 0 spiro atoms. The fourth-order valence-corrected chi connectivity index (χ4v) is 1.08. The quantitative estimate of drug-likeness (QED) is 0.785. The molecule has 0 amide bonds. The van der Waals surface area contributed by atoms with Crippen LogP contribution < -0.4 is 0 Å². The maximum atomic E-state index is 9.34. The first-order valence-electron chi connectivity index (χ1n) is 3.76. The number of hydrogen-bond acceptors (Lipinski definition) is 2. The van der Waals surface area contributed by atoms with E-state index in [0.717, 1.165) is 0 Å². The maximum Gasteiger partial charge on any atom is 0.122 e. The van der Waals surface area contributed by atoms with E-state index >= 15 is 0 Å². The van der Waals surface area contributed by atoms with Gasteiger partial charge in [-0.2, -0.15) is 5.26 Å². The Balaban J connectivity index is 2.88. The maximum absolute atomic E-state index is 9.34. The van der Waals surface area contributed by atoms with E-state index in [1.165, 1.54) is 6.07 Å². The minimum atomic E-state index is 0.165. The molecule has 1 aromatic carbocycles. The fraction of sp³-hybridized carbons (Fsp3) is 0.100. The molecule has 0 aromatic heterocycles. The van der Waals surface area contributed by atoms with Crippen LogP contribution in [0.25, 0.3) is 6.08 Å². The minimum Gasteiger partial charge on any atom is -0.507 e.